The highest BCUT2D eigenvalue weighted by Gasteiger charge is 2.24. The van der Waals surface area contributed by atoms with Crippen molar-refractivity contribution >= 4 is 28.1 Å². The first-order valence-electron chi connectivity index (χ1n) is 10.2. The summed E-state index contributed by atoms with van der Waals surface area (Å²) in [6.45, 7) is 4.52. The Bertz CT molecular complexity index is 1040. The highest BCUT2D eigenvalue weighted by atomic mass is 16.5. The maximum Gasteiger partial charge on any atom is 0.349 e. The van der Waals surface area contributed by atoms with Crippen molar-refractivity contribution in [3.05, 3.63) is 65.3 Å². The fourth-order valence-corrected chi connectivity index (χ4v) is 3.60. The second kappa shape index (κ2) is 9.34. The van der Waals surface area contributed by atoms with E-state index in [1.165, 1.54) is 6.08 Å². The number of hydrogen-bond donors (Lipinski definition) is 0. The molecule has 148 valence electrons. The van der Waals surface area contributed by atoms with E-state index >= 15 is 0 Å². The summed E-state index contributed by atoms with van der Waals surface area (Å²) in [6, 6.07) is 13.4. The van der Waals surface area contributed by atoms with E-state index in [0.717, 1.165) is 36.5 Å². The zero-order chi connectivity index (χ0) is 20.8. The Morgan fingerprint density at radius 1 is 1.10 bits per heavy atom. The number of nitriles is 1. The minimum atomic E-state index is -0.629. The van der Waals surface area contributed by atoms with Crippen LogP contribution in [0.5, 0.6) is 0 Å². The molecule has 0 fully saturated rings. The van der Waals surface area contributed by atoms with Crippen LogP contribution in [0.25, 0.3) is 16.3 Å². The van der Waals surface area contributed by atoms with Crippen molar-refractivity contribution in [2.75, 3.05) is 6.61 Å². The van der Waals surface area contributed by atoms with Crippen LogP contribution in [0.1, 0.15) is 55.5 Å². The van der Waals surface area contributed by atoms with Crippen molar-refractivity contribution in [2.45, 2.75) is 39.5 Å². The molecule has 2 aromatic carbocycles. The topological polar surface area (TPSA) is 67.2 Å². The number of esters is 1. The number of fused-ring (bicyclic) bond motifs is 2. The van der Waals surface area contributed by atoms with Gasteiger partial charge in [-0.2, -0.15) is 5.26 Å². The molecule has 1 aliphatic rings. The number of allylic oxidation sites excluding steroid dienone is 3. The second-order valence-electron chi connectivity index (χ2n) is 7.36. The Balaban J connectivity index is 1.95. The van der Waals surface area contributed by atoms with Gasteiger partial charge in [0, 0.05) is 11.1 Å². The molecule has 0 N–H and O–H groups in total. The lowest BCUT2D eigenvalue weighted by Gasteiger charge is -2.17. The average molecular weight is 387 g/mol. The smallest absolute Gasteiger partial charge is 0.349 e. The molecule has 0 saturated carbocycles. The lowest BCUT2D eigenvalue weighted by atomic mass is 9.87. The van der Waals surface area contributed by atoms with E-state index in [9.17, 15) is 14.9 Å². The minimum absolute atomic E-state index is 0.0596. The first-order chi connectivity index (χ1) is 14.1. The van der Waals surface area contributed by atoms with Gasteiger partial charge in [0.2, 0.25) is 0 Å². The molecule has 0 heterocycles. The summed E-state index contributed by atoms with van der Waals surface area (Å²) < 4.78 is 5.49. The lowest BCUT2D eigenvalue weighted by Crippen LogP contribution is -2.17. The molecule has 29 heavy (non-hydrogen) atoms. The molecule has 0 aromatic heterocycles. The molecule has 0 amide bonds. The van der Waals surface area contributed by atoms with Gasteiger partial charge in [0.05, 0.1) is 6.61 Å². The van der Waals surface area contributed by atoms with Gasteiger partial charge >= 0.3 is 5.97 Å². The number of hydrogen-bond acceptors (Lipinski definition) is 4. The molecule has 4 heteroatoms. The Kier molecular flexibility index (Phi) is 6.61. The molecule has 0 radical (unpaired) electrons. The van der Waals surface area contributed by atoms with Crippen LogP contribution in [0.3, 0.4) is 0 Å². The van der Waals surface area contributed by atoms with Gasteiger partial charge in [0.15, 0.2) is 5.78 Å². The molecule has 0 bridgehead atoms. The molecule has 4 nitrogen and oxygen atoms in total. The Labute approximate surface area is 171 Å². The number of carbonyl (C=O) groups excluding carboxylic acids is 2. The van der Waals surface area contributed by atoms with Crippen LogP contribution < -0.4 is 0 Å². The standard InChI is InChI=1S/C25H25NO3/c1-3-5-8-17(4-2)16-29-25(28)23(15-26)20-11-12-24(27)22-14-19-10-7-6-9-18(19)13-21(20)22/h6-7,9-14,17H,3-5,8,16H2,1-2H3/b23-20+. The van der Waals surface area contributed by atoms with Crippen LogP contribution in [0.4, 0.5) is 0 Å². The van der Waals surface area contributed by atoms with Crippen LogP contribution in [0.15, 0.2) is 54.1 Å². The van der Waals surface area contributed by atoms with Gasteiger partial charge < -0.3 is 4.74 Å². The predicted molar refractivity (Wildman–Crippen MR) is 114 cm³/mol. The van der Waals surface area contributed by atoms with Crippen LogP contribution in [-0.2, 0) is 9.53 Å². The minimum Gasteiger partial charge on any atom is -0.461 e. The molecular formula is C25H25NO3. The predicted octanol–water partition coefficient (Wildman–Crippen LogP) is 5.63. The highest BCUT2D eigenvalue weighted by molar-refractivity contribution is 6.17. The Hall–Kier alpha value is -3.19. The summed E-state index contributed by atoms with van der Waals surface area (Å²) in [6.07, 6.45) is 7.08. The summed E-state index contributed by atoms with van der Waals surface area (Å²) >= 11 is 0. The number of nitrogens with zero attached hydrogens (tertiary/aromatic N) is 1. The van der Waals surface area contributed by atoms with Crippen LogP contribution in [0, 0.1) is 17.2 Å². The van der Waals surface area contributed by atoms with Gasteiger partial charge in [-0.1, -0.05) is 57.4 Å². The Morgan fingerprint density at radius 2 is 1.79 bits per heavy atom. The third kappa shape index (κ3) is 4.46. The van der Waals surface area contributed by atoms with E-state index in [4.69, 9.17) is 4.74 Å². The zero-order valence-corrected chi connectivity index (χ0v) is 16.9. The van der Waals surface area contributed by atoms with Gasteiger partial charge in [0.1, 0.15) is 11.6 Å². The normalized spacial score (nSPS) is 15.6. The van der Waals surface area contributed by atoms with Gasteiger partial charge in [-0.25, -0.2) is 4.79 Å². The third-order valence-electron chi connectivity index (χ3n) is 5.42. The van der Waals surface area contributed by atoms with Gasteiger partial charge in [-0.15, -0.1) is 0 Å². The van der Waals surface area contributed by atoms with Crippen molar-refractivity contribution in [3.63, 3.8) is 0 Å². The van der Waals surface area contributed by atoms with Crippen LogP contribution in [0.2, 0.25) is 0 Å². The average Bonchev–Trinajstić information content (AvgIpc) is 2.75. The van der Waals surface area contributed by atoms with Gasteiger partial charge in [-0.05, 0) is 53.0 Å². The van der Waals surface area contributed by atoms with Crippen molar-refractivity contribution in [1.82, 2.24) is 0 Å². The molecule has 0 aliphatic heterocycles. The first kappa shape index (κ1) is 20.5. The summed E-state index contributed by atoms with van der Waals surface area (Å²) in [4.78, 5) is 25.1. The van der Waals surface area contributed by atoms with Crippen molar-refractivity contribution in [3.8, 4) is 6.07 Å². The first-order valence-corrected chi connectivity index (χ1v) is 10.2. The van der Waals surface area contributed by atoms with Crippen LogP contribution >= 0.6 is 0 Å². The van der Waals surface area contributed by atoms with E-state index in [1.807, 2.05) is 42.5 Å². The number of ketones is 1. The zero-order valence-electron chi connectivity index (χ0n) is 16.9. The van der Waals surface area contributed by atoms with Gasteiger partial charge in [-0.3, -0.25) is 4.79 Å². The largest absolute Gasteiger partial charge is 0.461 e. The molecule has 1 atom stereocenters. The maximum atomic E-state index is 12.7. The molecule has 1 aliphatic carbocycles. The highest BCUT2D eigenvalue weighted by Crippen LogP contribution is 2.32. The van der Waals surface area contributed by atoms with Crippen molar-refractivity contribution < 1.29 is 14.3 Å². The monoisotopic (exact) mass is 387 g/mol. The fourth-order valence-electron chi connectivity index (χ4n) is 3.60. The second-order valence-corrected chi connectivity index (χ2v) is 7.36. The van der Waals surface area contributed by atoms with E-state index in [2.05, 4.69) is 13.8 Å². The number of unbranched alkanes of at least 4 members (excludes halogenated alkanes) is 1. The van der Waals surface area contributed by atoms with E-state index in [-0.39, 0.29) is 11.4 Å². The Morgan fingerprint density at radius 3 is 2.41 bits per heavy atom. The number of benzene rings is 2. The maximum absolute atomic E-state index is 12.7. The number of carbonyl (C=O) groups is 2. The molecular weight excluding hydrogens is 362 g/mol. The fraction of sp³-hybridized carbons (Fsp3) is 0.320. The number of ether oxygens (including phenoxy) is 1. The summed E-state index contributed by atoms with van der Waals surface area (Å²) in [5.74, 6) is -0.468. The lowest BCUT2D eigenvalue weighted by molar-refractivity contribution is -0.139. The summed E-state index contributed by atoms with van der Waals surface area (Å²) in [7, 11) is 0. The van der Waals surface area contributed by atoms with Gasteiger partial charge in [0.25, 0.3) is 0 Å². The molecule has 1 unspecified atom stereocenters. The molecule has 3 rings (SSSR count). The quantitative estimate of drug-likeness (QED) is 0.351. The third-order valence-corrected chi connectivity index (χ3v) is 5.42. The van der Waals surface area contributed by atoms with Crippen molar-refractivity contribution in [2.24, 2.45) is 5.92 Å². The van der Waals surface area contributed by atoms with E-state index < -0.39 is 5.97 Å². The molecule has 0 spiro atoms. The van der Waals surface area contributed by atoms with E-state index in [0.29, 0.717) is 29.2 Å². The summed E-state index contributed by atoms with van der Waals surface area (Å²) in [5.41, 5.74) is 1.48. The SMILES string of the molecule is CCCCC(CC)COC(=O)/C(C#N)=C1\C=CC(=O)c2cc3ccccc3cc21. The van der Waals surface area contributed by atoms with Crippen molar-refractivity contribution in [1.29, 1.82) is 5.26 Å². The molecule has 0 saturated heterocycles. The molecule has 2 aromatic rings. The van der Waals surface area contributed by atoms with E-state index in [1.54, 1.807) is 6.08 Å². The summed E-state index contributed by atoms with van der Waals surface area (Å²) in [5, 5.41) is 11.6. The number of rotatable bonds is 7. The van der Waals surface area contributed by atoms with Crippen LogP contribution in [-0.4, -0.2) is 18.4 Å².